The molecular weight excluding hydrogens is 288 g/mol. The Morgan fingerprint density at radius 3 is 2.71 bits per heavy atom. The van der Waals surface area contributed by atoms with Gasteiger partial charge in [0.2, 0.25) is 10.0 Å². The van der Waals surface area contributed by atoms with Crippen molar-refractivity contribution < 1.29 is 8.42 Å². The lowest BCUT2D eigenvalue weighted by Gasteiger charge is -2.29. The Hall–Kier alpha value is -1.18. The van der Waals surface area contributed by atoms with Gasteiger partial charge in [-0.1, -0.05) is 6.42 Å². The third kappa shape index (κ3) is 4.39. The molecule has 2 heterocycles. The van der Waals surface area contributed by atoms with Gasteiger partial charge < -0.3 is 10.2 Å². The number of hydrogen-bond donors (Lipinski definition) is 2. The second-order valence-electron chi connectivity index (χ2n) is 5.48. The molecule has 7 heteroatoms. The van der Waals surface area contributed by atoms with Crippen molar-refractivity contribution in [2.75, 3.05) is 32.0 Å². The lowest BCUT2D eigenvalue weighted by atomic mass is 10.1. The first-order valence-electron chi connectivity index (χ1n) is 7.40. The Labute approximate surface area is 127 Å². The summed E-state index contributed by atoms with van der Waals surface area (Å²) in [6, 6.07) is 3.07. The lowest BCUT2D eigenvalue weighted by molar-refractivity contribution is 0.215. The van der Waals surface area contributed by atoms with Gasteiger partial charge in [0, 0.05) is 25.8 Å². The van der Waals surface area contributed by atoms with E-state index in [0.717, 1.165) is 19.6 Å². The monoisotopic (exact) mass is 312 g/mol. The molecule has 1 aromatic rings. The van der Waals surface area contributed by atoms with E-state index in [0.29, 0.717) is 5.82 Å². The van der Waals surface area contributed by atoms with Crippen molar-refractivity contribution in [1.82, 2.24) is 14.6 Å². The molecule has 0 amide bonds. The van der Waals surface area contributed by atoms with Gasteiger partial charge in [-0.3, -0.25) is 0 Å². The first-order chi connectivity index (χ1) is 10.0. The second-order valence-corrected chi connectivity index (χ2v) is 7.17. The van der Waals surface area contributed by atoms with Gasteiger partial charge in [0.25, 0.3) is 0 Å². The summed E-state index contributed by atoms with van der Waals surface area (Å²) < 4.78 is 27.7. The Bertz CT molecular complexity index is 556. The smallest absolute Gasteiger partial charge is 0.244 e. The van der Waals surface area contributed by atoms with Gasteiger partial charge in [0.15, 0.2) is 0 Å². The molecule has 1 unspecified atom stereocenters. The van der Waals surface area contributed by atoms with Crippen LogP contribution in [0.1, 0.15) is 26.2 Å². The van der Waals surface area contributed by atoms with Crippen LogP contribution in [0.25, 0.3) is 0 Å². The summed E-state index contributed by atoms with van der Waals surface area (Å²) in [6.07, 6.45) is 5.25. The Balaban J connectivity index is 2.02. The van der Waals surface area contributed by atoms with Gasteiger partial charge in [0.05, 0.1) is 0 Å². The van der Waals surface area contributed by atoms with Crippen LogP contribution >= 0.6 is 0 Å². The van der Waals surface area contributed by atoms with E-state index in [4.69, 9.17) is 0 Å². The predicted octanol–water partition coefficient (Wildman–Crippen LogP) is 1.28. The molecule has 1 atom stereocenters. The topological polar surface area (TPSA) is 74.3 Å². The summed E-state index contributed by atoms with van der Waals surface area (Å²) in [6.45, 7) is 4.76. The summed E-state index contributed by atoms with van der Waals surface area (Å²) in [5.41, 5.74) is 0. The van der Waals surface area contributed by atoms with Crippen LogP contribution in [0.3, 0.4) is 0 Å². The molecule has 0 spiro atoms. The van der Waals surface area contributed by atoms with Gasteiger partial charge in [-0.05, 0) is 45.0 Å². The van der Waals surface area contributed by atoms with E-state index in [-0.39, 0.29) is 10.9 Å². The Morgan fingerprint density at radius 1 is 1.33 bits per heavy atom. The van der Waals surface area contributed by atoms with Crippen molar-refractivity contribution in [2.45, 2.75) is 37.1 Å². The van der Waals surface area contributed by atoms with Crippen molar-refractivity contribution in [3.63, 3.8) is 0 Å². The maximum Gasteiger partial charge on any atom is 0.244 e. The fourth-order valence-electron chi connectivity index (χ4n) is 2.69. The fraction of sp³-hybridized carbons (Fsp3) is 0.643. The minimum absolute atomic E-state index is 0.127. The van der Waals surface area contributed by atoms with Gasteiger partial charge in [0.1, 0.15) is 10.7 Å². The van der Waals surface area contributed by atoms with Crippen LogP contribution in [-0.4, -0.2) is 51.0 Å². The molecular formula is C14H24N4O2S. The average molecular weight is 312 g/mol. The molecule has 1 aliphatic rings. The van der Waals surface area contributed by atoms with Crippen molar-refractivity contribution in [3.05, 3.63) is 18.3 Å². The summed E-state index contributed by atoms with van der Waals surface area (Å²) in [5, 5.41) is 2.82. The number of likely N-dealkylation sites (tertiary alicyclic amines) is 1. The molecule has 2 rings (SSSR count). The van der Waals surface area contributed by atoms with E-state index in [1.54, 1.807) is 25.4 Å². The standard InChI is InChI=1S/C14H24N4O2S/c1-12(11-18-9-4-3-5-10-18)17-21(19,20)13-7-6-8-16-14(13)15-2/h6-8,12,17H,3-5,9-11H2,1-2H3,(H,15,16). The highest BCUT2D eigenvalue weighted by Gasteiger charge is 2.22. The Kier molecular flexibility index (Phi) is 5.55. The third-order valence-electron chi connectivity index (χ3n) is 3.63. The van der Waals surface area contributed by atoms with E-state index in [1.165, 1.54) is 19.3 Å². The average Bonchev–Trinajstić information content (AvgIpc) is 2.47. The number of pyridine rings is 1. The van der Waals surface area contributed by atoms with Crippen molar-refractivity contribution in [2.24, 2.45) is 0 Å². The van der Waals surface area contributed by atoms with Crippen LogP contribution in [-0.2, 0) is 10.0 Å². The molecule has 6 nitrogen and oxygen atoms in total. The van der Waals surface area contributed by atoms with Crippen LogP contribution in [0.5, 0.6) is 0 Å². The molecule has 0 aromatic carbocycles. The fourth-order valence-corrected chi connectivity index (χ4v) is 4.09. The van der Waals surface area contributed by atoms with Gasteiger partial charge >= 0.3 is 0 Å². The van der Waals surface area contributed by atoms with Crippen LogP contribution in [0, 0.1) is 0 Å². The highest BCUT2D eigenvalue weighted by Crippen LogP contribution is 2.17. The number of rotatable bonds is 6. The largest absolute Gasteiger partial charge is 0.372 e. The molecule has 1 aromatic heterocycles. The molecule has 118 valence electrons. The molecule has 0 bridgehead atoms. The minimum atomic E-state index is -3.55. The van der Waals surface area contributed by atoms with Crippen LogP contribution < -0.4 is 10.0 Å². The molecule has 1 saturated heterocycles. The zero-order valence-electron chi connectivity index (χ0n) is 12.7. The van der Waals surface area contributed by atoms with E-state index in [9.17, 15) is 8.42 Å². The first kappa shape index (κ1) is 16.2. The van der Waals surface area contributed by atoms with Crippen molar-refractivity contribution >= 4 is 15.8 Å². The molecule has 0 aliphatic carbocycles. The van der Waals surface area contributed by atoms with Crippen LogP contribution in [0.15, 0.2) is 23.2 Å². The second kappa shape index (κ2) is 7.20. The zero-order valence-corrected chi connectivity index (χ0v) is 13.5. The number of nitrogens with one attached hydrogen (secondary N) is 2. The SMILES string of the molecule is CNc1ncccc1S(=O)(=O)NC(C)CN1CCCCC1. The zero-order chi connectivity index (χ0) is 15.3. The number of anilines is 1. The first-order valence-corrected chi connectivity index (χ1v) is 8.88. The van der Waals surface area contributed by atoms with Gasteiger partial charge in [-0.2, -0.15) is 0 Å². The third-order valence-corrected chi connectivity index (χ3v) is 5.26. The number of piperidine rings is 1. The molecule has 21 heavy (non-hydrogen) atoms. The van der Waals surface area contributed by atoms with E-state index in [1.807, 2.05) is 6.92 Å². The quantitative estimate of drug-likeness (QED) is 0.827. The molecule has 1 fully saturated rings. The normalized spacial score (nSPS) is 18.4. The highest BCUT2D eigenvalue weighted by atomic mass is 32.2. The number of sulfonamides is 1. The summed E-state index contributed by atoms with van der Waals surface area (Å²) in [7, 11) is -1.89. The summed E-state index contributed by atoms with van der Waals surface area (Å²) in [5.74, 6) is 0.371. The Morgan fingerprint density at radius 2 is 2.05 bits per heavy atom. The summed E-state index contributed by atoms with van der Waals surface area (Å²) in [4.78, 5) is 6.56. The van der Waals surface area contributed by atoms with Crippen molar-refractivity contribution in [3.8, 4) is 0 Å². The van der Waals surface area contributed by atoms with Gasteiger partial charge in [-0.15, -0.1) is 0 Å². The summed E-state index contributed by atoms with van der Waals surface area (Å²) >= 11 is 0. The molecule has 1 aliphatic heterocycles. The van der Waals surface area contributed by atoms with Gasteiger partial charge in [-0.25, -0.2) is 18.1 Å². The predicted molar refractivity (Wildman–Crippen MR) is 83.9 cm³/mol. The van der Waals surface area contributed by atoms with Crippen LogP contribution in [0.2, 0.25) is 0 Å². The minimum Gasteiger partial charge on any atom is -0.372 e. The maximum absolute atomic E-state index is 12.5. The van der Waals surface area contributed by atoms with Crippen molar-refractivity contribution in [1.29, 1.82) is 0 Å². The van der Waals surface area contributed by atoms with E-state index >= 15 is 0 Å². The molecule has 0 saturated carbocycles. The highest BCUT2D eigenvalue weighted by molar-refractivity contribution is 7.89. The lowest BCUT2D eigenvalue weighted by Crippen LogP contribution is -2.43. The molecule has 0 radical (unpaired) electrons. The number of hydrogen-bond acceptors (Lipinski definition) is 5. The van der Waals surface area contributed by atoms with Crippen LogP contribution in [0.4, 0.5) is 5.82 Å². The molecule has 2 N–H and O–H groups in total. The van der Waals surface area contributed by atoms with E-state index < -0.39 is 10.0 Å². The number of aromatic nitrogens is 1. The number of nitrogens with zero attached hydrogens (tertiary/aromatic N) is 2. The maximum atomic E-state index is 12.5. The van der Waals surface area contributed by atoms with E-state index in [2.05, 4.69) is 19.9 Å².